The van der Waals surface area contributed by atoms with Crippen LogP contribution in [0.3, 0.4) is 0 Å². The first-order valence-electron chi connectivity index (χ1n) is 12.0. The summed E-state index contributed by atoms with van der Waals surface area (Å²) < 4.78 is 0. The molecular weight excluding hydrogens is 428 g/mol. The second-order valence-electron chi connectivity index (χ2n) is 9.18. The topological polar surface area (TPSA) is 61.6 Å². The van der Waals surface area contributed by atoms with Crippen molar-refractivity contribution in [3.05, 3.63) is 71.1 Å². The number of carbonyl (C=O) groups excluding carboxylic acids is 1. The minimum Gasteiger partial charge on any atom is -0.397 e. The van der Waals surface area contributed by atoms with Gasteiger partial charge in [-0.3, -0.25) is 14.6 Å². The lowest BCUT2D eigenvalue weighted by Crippen LogP contribution is -2.49. The van der Waals surface area contributed by atoms with Crippen molar-refractivity contribution < 1.29 is 4.79 Å². The molecular formula is C27H32N4OS. The molecule has 6 heteroatoms. The van der Waals surface area contributed by atoms with Crippen LogP contribution < -0.4 is 11.1 Å². The molecule has 1 saturated heterocycles. The van der Waals surface area contributed by atoms with Crippen molar-refractivity contribution in [3.63, 3.8) is 0 Å². The third kappa shape index (κ3) is 5.29. The first kappa shape index (κ1) is 22.1. The van der Waals surface area contributed by atoms with Crippen LogP contribution in [-0.4, -0.2) is 47.9 Å². The number of nitrogens with two attached hydrogens (primary N) is 1. The zero-order chi connectivity index (χ0) is 22.6. The normalized spacial score (nSPS) is 17.9. The van der Waals surface area contributed by atoms with E-state index < -0.39 is 0 Å². The Kier molecular flexibility index (Phi) is 6.76. The van der Waals surface area contributed by atoms with Gasteiger partial charge in [-0.25, -0.2) is 0 Å². The molecule has 2 heterocycles. The summed E-state index contributed by atoms with van der Waals surface area (Å²) in [6.45, 7) is 5.54. The van der Waals surface area contributed by atoms with E-state index in [0.717, 1.165) is 36.1 Å². The second kappa shape index (κ2) is 10.1. The molecule has 3 aromatic rings. The number of amides is 1. The molecule has 172 valence electrons. The standard InChI is InChI=1S/C27H32N4OS/c28-24-12-11-22(26-6-3-17-33-26)18-25(24)29-27(32)21-9-7-20(8-10-21)19-30-13-15-31(16-14-30)23-4-1-2-5-23/h3,6-12,17-18,23H,1-2,4-5,13-16,19,28H2,(H,29,32). The van der Waals surface area contributed by atoms with E-state index in [1.165, 1.54) is 44.3 Å². The van der Waals surface area contributed by atoms with Gasteiger partial charge < -0.3 is 11.1 Å². The van der Waals surface area contributed by atoms with Crippen molar-refractivity contribution in [2.75, 3.05) is 37.2 Å². The first-order chi connectivity index (χ1) is 16.2. The van der Waals surface area contributed by atoms with Crippen LogP contribution >= 0.6 is 11.3 Å². The van der Waals surface area contributed by atoms with Gasteiger partial charge in [0.1, 0.15) is 0 Å². The Morgan fingerprint density at radius 2 is 1.76 bits per heavy atom. The van der Waals surface area contributed by atoms with E-state index in [1.54, 1.807) is 11.3 Å². The molecule has 2 aromatic carbocycles. The maximum atomic E-state index is 12.8. The minimum atomic E-state index is -0.137. The summed E-state index contributed by atoms with van der Waals surface area (Å²) in [6.07, 6.45) is 5.57. The van der Waals surface area contributed by atoms with Crippen LogP contribution in [0.25, 0.3) is 10.4 Å². The molecule has 0 spiro atoms. The van der Waals surface area contributed by atoms with Crippen molar-refractivity contribution in [2.24, 2.45) is 0 Å². The minimum absolute atomic E-state index is 0.137. The smallest absolute Gasteiger partial charge is 0.255 e. The predicted octanol–water partition coefficient (Wildman–Crippen LogP) is 5.31. The van der Waals surface area contributed by atoms with Gasteiger partial charge in [-0.2, -0.15) is 0 Å². The first-order valence-corrected chi connectivity index (χ1v) is 12.8. The van der Waals surface area contributed by atoms with Gasteiger partial charge in [-0.15, -0.1) is 11.3 Å². The van der Waals surface area contributed by atoms with Gasteiger partial charge >= 0.3 is 0 Å². The van der Waals surface area contributed by atoms with Gasteiger partial charge in [0.05, 0.1) is 11.4 Å². The summed E-state index contributed by atoms with van der Waals surface area (Å²) in [5.41, 5.74) is 10.3. The van der Waals surface area contributed by atoms with Crippen molar-refractivity contribution >= 4 is 28.6 Å². The Balaban J connectivity index is 1.17. The largest absolute Gasteiger partial charge is 0.397 e. The molecule has 2 fully saturated rings. The fourth-order valence-electron chi connectivity index (χ4n) is 5.03. The Labute approximate surface area is 200 Å². The molecule has 1 amide bonds. The molecule has 1 aliphatic heterocycles. The lowest BCUT2D eigenvalue weighted by atomic mass is 10.1. The van der Waals surface area contributed by atoms with Gasteiger partial charge in [-0.1, -0.05) is 37.1 Å². The second-order valence-corrected chi connectivity index (χ2v) is 10.1. The number of nitrogens with one attached hydrogen (secondary N) is 1. The maximum Gasteiger partial charge on any atom is 0.255 e. The number of hydrogen-bond donors (Lipinski definition) is 2. The summed E-state index contributed by atoms with van der Waals surface area (Å²) in [5, 5.41) is 5.03. The van der Waals surface area contributed by atoms with Crippen LogP contribution in [0.15, 0.2) is 60.0 Å². The van der Waals surface area contributed by atoms with E-state index in [9.17, 15) is 4.79 Å². The van der Waals surface area contributed by atoms with Crippen molar-refractivity contribution in [2.45, 2.75) is 38.3 Å². The number of carbonyl (C=O) groups is 1. The van der Waals surface area contributed by atoms with Crippen LogP contribution in [0.1, 0.15) is 41.6 Å². The quantitative estimate of drug-likeness (QED) is 0.490. The average Bonchev–Trinajstić information content (AvgIpc) is 3.56. The third-order valence-electron chi connectivity index (χ3n) is 6.98. The van der Waals surface area contributed by atoms with Crippen LogP contribution in [-0.2, 0) is 6.54 Å². The van der Waals surface area contributed by atoms with E-state index >= 15 is 0 Å². The monoisotopic (exact) mass is 460 g/mol. The summed E-state index contributed by atoms with van der Waals surface area (Å²) in [6, 6.07) is 18.7. The molecule has 5 rings (SSSR count). The summed E-state index contributed by atoms with van der Waals surface area (Å²) in [4.78, 5) is 19.2. The van der Waals surface area contributed by atoms with Gasteiger partial charge in [0.15, 0.2) is 0 Å². The Morgan fingerprint density at radius 3 is 2.45 bits per heavy atom. The zero-order valence-corrected chi connectivity index (χ0v) is 19.8. The highest BCUT2D eigenvalue weighted by molar-refractivity contribution is 7.13. The molecule has 0 atom stereocenters. The number of nitrogens with zero attached hydrogens (tertiary/aromatic N) is 2. The highest BCUT2D eigenvalue weighted by Crippen LogP contribution is 2.30. The number of benzene rings is 2. The summed E-state index contributed by atoms with van der Waals surface area (Å²) >= 11 is 1.67. The van der Waals surface area contributed by atoms with E-state index in [-0.39, 0.29) is 5.91 Å². The van der Waals surface area contributed by atoms with Gasteiger partial charge in [-0.05, 0) is 59.7 Å². The molecule has 1 saturated carbocycles. The molecule has 33 heavy (non-hydrogen) atoms. The molecule has 0 bridgehead atoms. The number of rotatable bonds is 6. The van der Waals surface area contributed by atoms with Crippen molar-refractivity contribution in [1.29, 1.82) is 0 Å². The fraction of sp³-hybridized carbons (Fsp3) is 0.370. The van der Waals surface area contributed by atoms with E-state index in [0.29, 0.717) is 16.9 Å². The highest BCUT2D eigenvalue weighted by atomic mass is 32.1. The van der Waals surface area contributed by atoms with Gasteiger partial charge in [0, 0.05) is 49.2 Å². The molecule has 3 N–H and O–H groups in total. The van der Waals surface area contributed by atoms with Crippen LogP contribution in [0.5, 0.6) is 0 Å². The molecule has 1 aliphatic carbocycles. The molecule has 5 nitrogen and oxygen atoms in total. The summed E-state index contributed by atoms with van der Waals surface area (Å²) in [7, 11) is 0. The number of anilines is 2. The lowest BCUT2D eigenvalue weighted by Gasteiger charge is -2.38. The van der Waals surface area contributed by atoms with Gasteiger partial charge in [0.2, 0.25) is 0 Å². The number of nitrogen functional groups attached to an aromatic ring is 1. The maximum absolute atomic E-state index is 12.8. The van der Waals surface area contributed by atoms with Crippen LogP contribution in [0.2, 0.25) is 0 Å². The molecule has 2 aliphatic rings. The Hall–Kier alpha value is -2.67. The molecule has 1 aromatic heterocycles. The third-order valence-corrected chi connectivity index (χ3v) is 7.90. The predicted molar refractivity (Wildman–Crippen MR) is 138 cm³/mol. The summed E-state index contributed by atoms with van der Waals surface area (Å²) in [5.74, 6) is -0.137. The average molecular weight is 461 g/mol. The van der Waals surface area contributed by atoms with Crippen molar-refractivity contribution in [1.82, 2.24) is 9.80 Å². The Morgan fingerprint density at radius 1 is 1.00 bits per heavy atom. The van der Waals surface area contributed by atoms with Crippen LogP contribution in [0.4, 0.5) is 11.4 Å². The zero-order valence-electron chi connectivity index (χ0n) is 19.0. The SMILES string of the molecule is Nc1ccc(-c2cccs2)cc1NC(=O)c1ccc(CN2CCN(C3CCCC3)CC2)cc1. The number of hydrogen-bond acceptors (Lipinski definition) is 5. The van der Waals surface area contributed by atoms with E-state index in [4.69, 9.17) is 5.73 Å². The van der Waals surface area contributed by atoms with Crippen molar-refractivity contribution in [3.8, 4) is 10.4 Å². The highest BCUT2D eigenvalue weighted by Gasteiger charge is 2.26. The number of piperazine rings is 1. The fourth-order valence-corrected chi connectivity index (χ4v) is 5.75. The van der Waals surface area contributed by atoms with E-state index in [1.807, 2.05) is 41.8 Å². The van der Waals surface area contributed by atoms with Gasteiger partial charge in [0.25, 0.3) is 5.91 Å². The van der Waals surface area contributed by atoms with E-state index in [2.05, 4.69) is 33.3 Å². The lowest BCUT2D eigenvalue weighted by molar-refractivity contribution is 0.0937. The number of thiophene rings is 1. The molecule has 0 radical (unpaired) electrons. The Bertz CT molecular complexity index is 1070. The van der Waals surface area contributed by atoms with Crippen LogP contribution in [0, 0.1) is 0 Å². The molecule has 0 unspecified atom stereocenters.